The molecule has 138 heavy (non-hydrogen) atoms. The maximum atomic E-state index is 13.2. The van der Waals surface area contributed by atoms with E-state index in [1.807, 2.05) is 70.5 Å². The van der Waals surface area contributed by atoms with Gasteiger partial charge in [0.1, 0.15) is 32.7 Å². The van der Waals surface area contributed by atoms with Crippen molar-refractivity contribution in [3.63, 3.8) is 0 Å². The molecule has 0 spiro atoms. The predicted molar refractivity (Wildman–Crippen MR) is 572 cm³/mol. The molecule has 0 heterocycles. The van der Waals surface area contributed by atoms with E-state index in [4.69, 9.17) is 55.6 Å². The van der Waals surface area contributed by atoms with Gasteiger partial charge in [0, 0.05) is 65.4 Å². The number of hydrogen-bond acceptors (Lipinski definition) is 32. The number of hydrogen-bond donors (Lipinski definition) is 5. The molecule has 0 aliphatic heterocycles. The molecule has 0 amide bonds. The highest BCUT2D eigenvalue weighted by Gasteiger charge is 2.35. The number of esters is 6. The Hall–Kier alpha value is -2.82. The van der Waals surface area contributed by atoms with Crippen molar-refractivity contribution in [2.45, 2.75) is 350 Å². The number of nitrogens with zero attached hydrogens (tertiary/aromatic N) is 8. The van der Waals surface area contributed by atoms with Gasteiger partial charge >= 0.3 is 35.8 Å². The molecular weight excluding hydrogens is 1850 g/mol. The molecule has 5 atom stereocenters. The second-order valence-electron chi connectivity index (χ2n) is 38.8. The highest BCUT2D eigenvalue weighted by molar-refractivity contribution is 6.85. The number of rotatable bonds is 95. The number of carbonyl (C=O) groups is 6. The molecule has 0 aromatic rings. The minimum Gasteiger partial charge on any atom is -0.469 e. The van der Waals surface area contributed by atoms with Gasteiger partial charge in [-0.1, -0.05) is 166 Å². The van der Waals surface area contributed by atoms with Crippen LogP contribution in [0.4, 0.5) is 0 Å². The summed E-state index contributed by atoms with van der Waals surface area (Å²) in [5.74, 6) is -2.10. The molecule has 0 saturated heterocycles. The van der Waals surface area contributed by atoms with Crippen LogP contribution in [0.3, 0.4) is 0 Å². The zero-order chi connectivity index (χ0) is 105. The lowest BCUT2D eigenvalue weighted by Gasteiger charge is -2.34. The molecule has 824 valence electrons. The van der Waals surface area contributed by atoms with Crippen LogP contribution < -0.4 is 5.32 Å². The fourth-order valence-corrected chi connectivity index (χ4v) is 33.4. The van der Waals surface area contributed by atoms with Crippen LogP contribution in [0, 0.1) is 0 Å². The van der Waals surface area contributed by atoms with Crippen molar-refractivity contribution in [2.75, 3.05) is 272 Å². The first-order chi connectivity index (χ1) is 65.9. The number of alkyl halides is 1. The smallest absolute Gasteiger partial charge is 0.320 e. The van der Waals surface area contributed by atoms with E-state index in [0.717, 1.165) is 212 Å². The maximum absolute atomic E-state index is 13.2. The molecule has 0 aromatic carbocycles. The van der Waals surface area contributed by atoms with Crippen molar-refractivity contribution < 1.29 is 110 Å². The monoisotopic (exact) mass is 2070 g/mol. The van der Waals surface area contributed by atoms with E-state index in [9.17, 15) is 49.2 Å². The lowest BCUT2D eigenvalue weighted by molar-refractivity contribution is -0.167. The van der Waals surface area contributed by atoms with E-state index < -0.39 is 81.8 Å². The van der Waals surface area contributed by atoms with Crippen LogP contribution in [0.2, 0.25) is 76.6 Å². The van der Waals surface area contributed by atoms with Crippen molar-refractivity contribution in [3.8, 4) is 0 Å². The maximum Gasteiger partial charge on any atom is 0.320 e. The molecule has 0 rings (SSSR count). The van der Waals surface area contributed by atoms with Crippen LogP contribution in [0.25, 0.3) is 0 Å². The summed E-state index contributed by atoms with van der Waals surface area (Å²) < 4.78 is 74.7. The molecule has 0 aromatic heterocycles. The molecule has 5 N–H and O–H groups in total. The van der Waals surface area contributed by atoms with E-state index >= 15 is 0 Å². The van der Waals surface area contributed by atoms with E-state index in [-0.39, 0.29) is 103 Å². The zero-order valence-corrected chi connectivity index (χ0v) is 97.3. The predicted octanol–water partition coefficient (Wildman–Crippen LogP) is 14.7. The van der Waals surface area contributed by atoms with Crippen LogP contribution in [0.1, 0.15) is 243 Å². The Kier molecular flexibility index (Phi) is 97.5. The summed E-state index contributed by atoms with van der Waals surface area (Å²) in [5, 5.41) is 45.7. The fourth-order valence-electron chi connectivity index (χ4n) is 15.8. The Balaban J connectivity index is -0.00000425. The van der Waals surface area contributed by atoms with Gasteiger partial charge in [0.05, 0.1) is 97.8 Å². The number of aliphatic hydroxyl groups excluding tert-OH is 4. The number of carbonyl (C=O) groups excluding carboxylic acids is 6. The number of methoxy groups -OCH3 is 1. The van der Waals surface area contributed by atoms with Gasteiger partial charge in [-0.2, -0.15) is 0 Å². The minimum absolute atomic E-state index is 0.0177. The van der Waals surface area contributed by atoms with Crippen molar-refractivity contribution in [1.82, 2.24) is 44.5 Å². The van der Waals surface area contributed by atoms with Crippen LogP contribution in [-0.4, -0.2) is 431 Å². The Morgan fingerprint density at radius 3 is 1.05 bits per heavy atom. The van der Waals surface area contributed by atoms with Gasteiger partial charge in [0.2, 0.25) is 0 Å². The summed E-state index contributed by atoms with van der Waals surface area (Å²) in [6, 6.07) is 3.97. The SMILES string of the molecule is CC.CCCCCCCCCCCC(=O)OC.CCN(C)CC(=O)OCCOCCOC(=O)CN(CC)CCCCCCN(CC)CC(O)COCCC[Si](C)(C)O[Si](C)(C)CCCOCC(O)CN(CC)CCCCCCN(CC)CC(=O)OCC(COC(=O)CNC)OC(=O)CN(C)CCCCCCCN(CC)C(O)COCCC[Si](C)(C)O[Si](C)(C)CCCOCC(O)CN(C)CC.CCl. The Bertz CT molecular complexity index is 2810. The van der Waals surface area contributed by atoms with Crippen LogP contribution in [0.5, 0.6) is 0 Å². The summed E-state index contributed by atoms with van der Waals surface area (Å²) in [6.07, 6.45) is 27.0. The first-order valence-corrected chi connectivity index (χ1v) is 66.7. The average molecular weight is 2070 g/mol. The molecule has 0 aliphatic rings. The summed E-state index contributed by atoms with van der Waals surface area (Å²) in [5.41, 5.74) is 0. The second-order valence-corrected chi connectivity index (χ2v) is 56.5. The molecule has 0 bridgehead atoms. The quantitative estimate of drug-likeness (QED) is 0.00943. The number of halogens is 1. The van der Waals surface area contributed by atoms with Crippen LogP contribution in [0.15, 0.2) is 0 Å². The largest absolute Gasteiger partial charge is 0.469 e. The first kappa shape index (κ1) is 141. The fraction of sp³-hybridized carbons (Fsp3) is 0.941. The van der Waals surface area contributed by atoms with Gasteiger partial charge in [-0.15, -0.1) is 11.6 Å². The third kappa shape index (κ3) is 91.8. The number of likely N-dealkylation sites (N-methyl/N-ethyl adjacent to an activating group) is 9. The third-order valence-corrected chi connectivity index (χ3v) is 38.9. The summed E-state index contributed by atoms with van der Waals surface area (Å²) >= 11 is 4.64. The Morgan fingerprint density at radius 2 is 0.667 bits per heavy atom. The number of nitrogens with one attached hydrogen (secondary N) is 1. The highest BCUT2D eigenvalue weighted by Crippen LogP contribution is 2.26. The van der Waals surface area contributed by atoms with E-state index in [2.05, 4.69) is 133 Å². The Labute approximate surface area is 851 Å². The van der Waals surface area contributed by atoms with Crippen molar-refractivity contribution in [1.29, 1.82) is 0 Å². The van der Waals surface area contributed by atoms with E-state index in [1.54, 1.807) is 7.05 Å². The molecule has 32 nitrogen and oxygen atoms in total. The zero-order valence-electron chi connectivity index (χ0n) is 92.6. The summed E-state index contributed by atoms with van der Waals surface area (Å²) in [7, 11) is 1.13. The summed E-state index contributed by atoms with van der Waals surface area (Å²) in [4.78, 5) is 90.2. The number of aliphatic hydroxyl groups is 4. The molecule has 5 unspecified atom stereocenters. The van der Waals surface area contributed by atoms with E-state index in [1.165, 1.54) is 64.9 Å². The average Bonchev–Trinajstić information content (AvgIpc) is 0.869. The third-order valence-electron chi connectivity index (χ3n) is 23.8. The van der Waals surface area contributed by atoms with Crippen molar-refractivity contribution in [2.24, 2.45) is 0 Å². The second kappa shape index (κ2) is 95.1. The topological polar surface area (TPSA) is 341 Å². The molecule has 0 aliphatic carbocycles. The van der Waals surface area contributed by atoms with Crippen LogP contribution >= 0.6 is 11.6 Å². The molecular formula is C101H214ClN9O23Si4. The van der Waals surface area contributed by atoms with Gasteiger partial charge in [0.25, 0.3) is 0 Å². The van der Waals surface area contributed by atoms with Crippen molar-refractivity contribution >= 4 is 80.7 Å². The minimum atomic E-state index is -1.96. The van der Waals surface area contributed by atoms with E-state index in [0.29, 0.717) is 78.8 Å². The van der Waals surface area contributed by atoms with Gasteiger partial charge in [-0.3, -0.25) is 53.3 Å². The van der Waals surface area contributed by atoms with Gasteiger partial charge in [0.15, 0.2) is 39.4 Å². The van der Waals surface area contributed by atoms with Crippen molar-refractivity contribution in [3.05, 3.63) is 0 Å². The first-order valence-electron chi connectivity index (χ1n) is 53.5. The van der Waals surface area contributed by atoms with Gasteiger partial charge < -0.3 is 101 Å². The summed E-state index contributed by atoms with van der Waals surface area (Å²) in [6.45, 7) is 55.5. The Morgan fingerprint density at radius 1 is 0.326 bits per heavy atom. The van der Waals surface area contributed by atoms with Crippen LogP contribution in [-0.2, 0) is 89.1 Å². The van der Waals surface area contributed by atoms with Gasteiger partial charge in [-0.05, 0) is 254 Å². The molecule has 0 fully saturated rings. The molecule has 0 radical (unpaired) electrons. The molecule has 37 heteroatoms. The lowest BCUT2D eigenvalue weighted by Crippen LogP contribution is -2.44. The highest BCUT2D eigenvalue weighted by atomic mass is 35.5. The normalized spacial score (nSPS) is 13.2. The number of ether oxygens (including phenoxy) is 11. The van der Waals surface area contributed by atoms with Gasteiger partial charge in [-0.25, -0.2) is 0 Å². The molecule has 0 saturated carbocycles. The standard InChI is InChI=1S/C85H179N9O21Si4.C13H26O2.C2H6.CH3Cl/c1-20-87(9)63-76(95)70-105-50-40-58-116(12,13)115-119(18,19)61-43-53-108-75-80(98)94(26-7)49-39-29-27-28-34-44-89(11)67-85(103)113-79(73-111-81(99)62-86-8)74-112-84(102)69-93(25-6)48-38-33-31-36-46-91(23-4)65-78(97)72-107-52-42-60-118(16,17)114-117(14,15)59-41-51-106-71-77(96)64-90(22-3)45-35-30-32-37-47-92(24-5)68-83(101)110-57-55-104-54-56-109-82(100)66-88(10)21-2;1-3-4-5-6-7-8-9-10-11-12-13(14)15-2;2*1-2/h76-80,86,95-98H,20-75H2,1-19H3;3-12H2,1-2H3;1-2H3;1H3. The lowest BCUT2D eigenvalue weighted by atomic mass is 10.1. The number of unbranched alkanes of at least 4 members (excludes halogenated alkanes) is 18.